The number of aliphatic hydroxyl groups is 3. The first-order chi connectivity index (χ1) is 30.5. The van der Waals surface area contributed by atoms with Gasteiger partial charge in [-0.15, -0.1) is 0 Å². The van der Waals surface area contributed by atoms with E-state index in [4.69, 9.17) is 0 Å². The molecule has 0 aliphatic heterocycles. The number of rotatable bonds is 52. The smallest absolute Gasteiger partial charge is 0.222 e. The fourth-order valence-corrected chi connectivity index (χ4v) is 8.95. The molecule has 5 heteroatoms. The van der Waals surface area contributed by atoms with Gasteiger partial charge in [0.05, 0.1) is 31.3 Å². The van der Waals surface area contributed by atoms with Crippen LogP contribution in [0.4, 0.5) is 0 Å². The average molecular weight is 875 g/mol. The van der Waals surface area contributed by atoms with Crippen molar-refractivity contribution >= 4 is 5.91 Å². The van der Waals surface area contributed by atoms with E-state index in [1.807, 2.05) is 6.08 Å². The van der Waals surface area contributed by atoms with Crippen molar-refractivity contribution in [2.75, 3.05) is 6.61 Å². The van der Waals surface area contributed by atoms with E-state index >= 15 is 0 Å². The number of aliphatic hydroxyl groups excluding tert-OH is 3. The number of amides is 1. The summed E-state index contributed by atoms with van der Waals surface area (Å²) in [4.78, 5) is 12.5. The molecule has 0 rings (SSSR count). The third kappa shape index (κ3) is 48.3. The topological polar surface area (TPSA) is 89.8 Å². The minimum atomic E-state index is -0.950. The third-order valence-electron chi connectivity index (χ3n) is 13.2. The Morgan fingerprint density at radius 3 is 1.03 bits per heavy atom. The van der Waals surface area contributed by atoms with Gasteiger partial charge in [0.1, 0.15) is 0 Å². The van der Waals surface area contributed by atoms with Gasteiger partial charge in [0.2, 0.25) is 5.91 Å². The Morgan fingerprint density at radius 2 is 0.694 bits per heavy atom. The van der Waals surface area contributed by atoms with Crippen molar-refractivity contribution in [3.05, 3.63) is 24.3 Å². The van der Waals surface area contributed by atoms with Crippen LogP contribution >= 0.6 is 0 Å². The van der Waals surface area contributed by atoms with E-state index in [-0.39, 0.29) is 18.9 Å². The highest BCUT2D eigenvalue weighted by Gasteiger charge is 2.20. The monoisotopic (exact) mass is 874 g/mol. The Kier molecular flexibility index (Phi) is 51.5. The maximum absolute atomic E-state index is 12.5. The molecule has 0 heterocycles. The fraction of sp³-hybridized carbons (Fsp3) is 0.912. The largest absolute Gasteiger partial charge is 0.394 e. The molecule has 0 saturated heterocycles. The highest BCUT2D eigenvalue weighted by Crippen LogP contribution is 2.18. The summed E-state index contributed by atoms with van der Waals surface area (Å²) in [5, 5.41) is 33.4. The molecule has 3 atom stereocenters. The van der Waals surface area contributed by atoms with Gasteiger partial charge >= 0.3 is 0 Å². The number of hydrogen-bond acceptors (Lipinski definition) is 4. The van der Waals surface area contributed by atoms with Crippen molar-refractivity contribution in [3.8, 4) is 0 Å². The molecule has 3 unspecified atom stereocenters. The standard InChI is InChI=1S/C57H111NO4/c1-3-5-7-9-11-13-15-17-19-21-23-24-25-26-27-28-29-30-31-32-33-34-36-38-40-42-44-46-48-50-54(60)52-57(62)58-55(53-59)56(61)51-49-47-45-43-41-39-37-35-22-20-18-16-14-12-10-8-6-4-2/h41,43,49,51,54-56,59-61H,3-40,42,44-48,50,52-53H2,1-2H3,(H,58,62)/b43-41+,51-49+. The molecule has 4 N–H and O–H groups in total. The molecule has 368 valence electrons. The van der Waals surface area contributed by atoms with Crippen molar-refractivity contribution in [2.45, 2.75) is 327 Å². The van der Waals surface area contributed by atoms with Gasteiger partial charge in [-0.1, -0.05) is 295 Å². The Hall–Kier alpha value is -1.17. The van der Waals surface area contributed by atoms with E-state index in [0.717, 1.165) is 32.1 Å². The molecule has 1 amide bonds. The molecule has 0 aromatic carbocycles. The highest BCUT2D eigenvalue weighted by molar-refractivity contribution is 5.76. The second-order valence-corrected chi connectivity index (χ2v) is 19.5. The molecule has 0 spiro atoms. The van der Waals surface area contributed by atoms with E-state index in [1.165, 1.54) is 250 Å². The average Bonchev–Trinajstić information content (AvgIpc) is 3.27. The first-order valence-corrected chi connectivity index (χ1v) is 28.1. The Balaban J connectivity index is 3.53. The molecule has 0 aromatic rings. The molecule has 0 bridgehead atoms. The van der Waals surface area contributed by atoms with Gasteiger partial charge in [-0.05, 0) is 32.1 Å². The first-order valence-electron chi connectivity index (χ1n) is 28.1. The number of hydrogen-bond donors (Lipinski definition) is 4. The molecular weight excluding hydrogens is 763 g/mol. The van der Waals surface area contributed by atoms with Gasteiger partial charge in [0, 0.05) is 0 Å². The fourth-order valence-electron chi connectivity index (χ4n) is 8.95. The van der Waals surface area contributed by atoms with E-state index in [9.17, 15) is 20.1 Å². The summed E-state index contributed by atoms with van der Waals surface area (Å²) in [6.07, 6.45) is 66.6. The second kappa shape index (κ2) is 52.5. The zero-order valence-electron chi connectivity index (χ0n) is 42.0. The van der Waals surface area contributed by atoms with Crippen LogP contribution in [-0.4, -0.2) is 46.1 Å². The minimum Gasteiger partial charge on any atom is -0.394 e. The molecule has 62 heavy (non-hydrogen) atoms. The van der Waals surface area contributed by atoms with Crippen molar-refractivity contribution in [3.63, 3.8) is 0 Å². The second-order valence-electron chi connectivity index (χ2n) is 19.5. The van der Waals surface area contributed by atoms with Crippen molar-refractivity contribution < 1.29 is 20.1 Å². The lowest BCUT2D eigenvalue weighted by Crippen LogP contribution is -2.45. The lowest BCUT2D eigenvalue weighted by molar-refractivity contribution is -0.124. The van der Waals surface area contributed by atoms with E-state index < -0.39 is 18.2 Å². The van der Waals surface area contributed by atoms with E-state index in [2.05, 4.69) is 31.3 Å². The van der Waals surface area contributed by atoms with Crippen LogP contribution in [0.3, 0.4) is 0 Å². The van der Waals surface area contributed by atoms with Crippen LogP contribution in [0.2, 0.25) is 0 Å². The summed E-state index contributed by atoms with van der Waals surface area (Å²) in [5.41, 5.74) is 0. The summed E-state index contributed by atoms with van der Waals surface area (Å²) in [7, 11) is 0. The molecule has 5 nitrogen and oxygen atoms in total. The predicted octanol–water partition coefficient (Wildman–Crippen LogP) is 17.3. The SMILES string of the molecule is CCCCCCCCCCCCCC/C=C/CC/C=C/C(O)C(CO)NC(=O)CC(O)CCCCCCCCCCCCCCCCCCCCCCCCCCCCCCC. The van der Waals surface area contributed by atoms with Gasteiger partial charge in [-0.2, -0.15) is 0 Å². The molecule has 0 aliphatic rings. The van der Waals surface area contributed by atoms with Crippen LogP contribution in [0, 0.1) is 0 Å². The van der Waals surface area contributed by atoms with E-state index in [1.54, 1.807) is 6.08 Å². The van der Waals surface area contributed by atoms with Gasteiger partial charge in [0.15, 0.2) is 0 Å². The third-order valence-corrected chi connectivity index (χ3v) is 13.2. The number of allylic oxidation sites excluding steroid dienone is 3. The van der Waals surface area contributed by atoms with E-state index in [0.29, 0.717) is 6.42 Å². The number of carbonyl (C=O) groups excluding carboxylic acids is 1. The minimum absolute atomic E-state index is 0.0104. The molecule has 0 aromatic heterocycles. The Morgan fingerprint density at radius 1 is 0.403 bits per heavy atom. The van der Waals surface area contributed by atoms with Gasteiger partial charge in [-0.25, -0.2) is 0 Å². The quantitative estimate of drug-likeness (QED) is 0.0362. The summed E-state index contributed by atoms with van der Waals surface area (Å²) in [5.74, 6) is -0.319. The van der Waals surface area contributed by atoms with Crippen molar-refractivity contribution in [2.24, 2.45) is 0 Å². The lowest BCUT2D eigenvalue weighted by Gasteiger charge is -2.21. The Labute approximate surface area is 388 Å². The maximum atomic E-state index is 12.5. The molecular formula is C57H111NO4. The normalized spacial score (nSPS) is 13.4. The zero-order valence-corrected chi connectivity index (χ0v) is 42.0. The lowest BCUT2D eigenvalue weighted by atomic mass is 10.0. The summed E-state index contributed by atoms with van der Waals surface area (Å²) in [6, 6.07) is -0.759. The summed E-state index contributed by atoms with van der Waals surface area (Å²) in [6.45, 7) is 4.24. The van der Waals surface area contributed by atoms with Crippen LogP contribution in [-0.2, 0) is 4.79 Å². The van der Waals surface area contributed by atoms with Crippen LogP contribution < -0.4 is 5.32 Å². The molecule has 0 radical (unpaired) electrons. The highest BCUT2D eigenvalue weighted by atomic mass is 16.3. The number of unbranched alkanes of at least 4 members (excludes halogenated alkanes) is 41. The molecule has 0 saturated carbocycles. The summed E-state index contributed by atoms with van der Waals surface area (Å²) < 4.78 is 0. The van der Waals surface area contributed by atoms with Crippen molar-refractivity contribution in [1.29, 1.82) is 0 Å². The van der Waals surface area contributed by atoms with Crippen molar-refractivity contribution in [1.82, 2.24) is 5.32 Å². The van der Waals surface area contributed by atoms with Gasteiger partial charge in [0.25, 0.3) is 0 Å². The molecule has 0 fully saturated rings. The maximum Gasteiger partial charge on any atom is 0.222 e. The van der Waals surface area contributed by atoms with Crippen LogP contribution in [0.15, 0.2) is 24.3 Å². The Bertz CT molecular complexity index is 920. The van der Waals surface area contributed by atoms with Gasteiger partial charge < -0.3 is 20.6 Å². The summed E-state index contributed by atoms with van der Waals surface area (Å²) >= 11 is 0. The zero-order chi connectivity index (χ0) is 45.1. The number of carbonyl (C=O) groups is 1. The number of nitrogens with one attached hydrogen (secondary N) is 1. The van der Waals surface area contributed by atoms with Crippen LogP contribution in [0.1, 0.15) is 309 Å². The van der Waals surface area contributed by atoms with Gasteiger partial charge in [-0.3, -0.25) is 4.79 Å². The van der Waals surface area contributed by atoms with Crippen LogP contribution in [0.25, 0.3) is 0 Å². The molecule has 0 aliphatic carbocycles. The van der Waals surface area contributed by atoms with Crippen LogP contribution in [0.5, 0.6) is 0 Å². The first kappa shape index (κ1) is 60.8. The predicted molar refractivity (Wildman–Crippen MR) is 273 cm³/mol.